The first-order valence-electron chi connectivity index (χ1n) is 10.4. The quantitative estimate of drug-likeness (QED) is 0.583. The summed E-state index contributed by atoms with van der Waals surface area (Å²) in [4.78, 5) is 6.96. The first kappa shape index (κ1) is 18.6. The number of hydrogen-bond acceptors (Lipinski definition) is 5. The highest BCUT2D eigenvalue weighted by Crippen LogP contribution is 2.49. The topological polar surface area (TPSA) is 58.1 Å². The van der Waals surface area contributed by atoms with Crippen molar-refractivity contribution in [2.45, 2.75) is 37.1 Å². The number of guanidine groups is 1. The van der Waals surface area contributed by atoms with E-state index in [-0.39, 0.29) is 5.41 Å². The summed E-state index contributed by atoms with van der Waals surface area (Å²) in [6, 6.07) is 11.2. The number of anilines is 1. The lowest BCUT2D eigenvalue weighted by Crippen LogP contribution is -2.49. The van der Waals surface area contributed by atoms with Gasteiger partial charge in [0.25, 0.3) is 0 Å². The third-order valence-electron chi connectivity index (χ3n) is 6.31. The minimum absolute atomic E-state index is 0.182. The van der Waals surface area contributed by atoms with E-state index >= 15 is 0 Å². The summed E-state index contributed by atoms with van der Waals surface area (Å²) in [7, 11) is 1.86. The molecule has 1 aromatic heterocycles. The van der Waals surface area contributed by atoms with Crippen LogP contribution in [0.15, 0.2) is 40.7 Å². The zero-order valence-electron chi connectivity index (χ0n) is 16.8. The summed E-state index contributed by atoms with van der Waals surface area (Å²) >= 11 is 1.82. The van der Waals surface area contributed by atoms with E-state index in [4.69, 9.17) is 9.47 Å². The molecule has 3 aliphatic rings. The number of nitrogens with one attached hydrogen (secondary N) is 2. The largest absolute Gasteiger partial charge is 0.454 e. The number of fused-ring (bicyclic) bond motifs is 1. The van der Waals surface area contributed by atoms with Crippen molar-refractivity contribution < 1.29 is 9.47 Å². The van der Waals surface area contributed by atoms with E-state index in [2.05, 4.69) is 50.2 Å². The van der Waals surface area contributed by atoms with Crippen molar-refractivity contribution in [2.24, 2.45) is 4.99 Å². The lowest BCUT2D eigenvalue weighted by Gasteiger charge is -2.33. The minimum atomic E-state index is 0.182. The minimum Gasteiger partial charge on any atom is -0.454 e. The molecular formula is C22H28N4O2S. The molecule has 2 fully saturated rings. The molecular weight excluding hydrogens is 384 g/mol. The summed E-state index contributed by atoms with van der Waals surface area (Å²) in [5.41, 5.74) is 1.51. The molecule has 0 atom stereocenters. The molecule has 7 heteroatoms. The number of nitrogens with zero attached hydrogens (tertiary/aromatic N) is 2. The van der Waals surface area contributed by atoms with Crippen LogP contribution >= 0.6 is 11.3 Å². The standard InChI is InChI=1S/C22H28N4O2S/c1-23-21(25-17-6-10-26(11-7-17)20-3-2-12-29-20)24-14-22(8-9-22)16-4-5-18-19(13-16)28-15-27-18/h2-5,12-13,17H,6-11,14-15H2,1H3,(H2,23,24,25). The number of thiophene rings is 1. The van der Waals surface area contributed by atoms with Gasteiger partial charge in [0.1, 0.15) is 0 Å². The second-order valence-corrected chi connectivity index (χ2v) is 9.06. The Morgan fingerprint density at radius 3 is 2.76 bits per heavy atom. The summed E-state index contributed by atoms with van der Waals surface area (Å²) < 4.78 is 11.0. The van der Waals surface area contributed by atoms with Crippen LogP contribution in [0, 0.1) is 0 Å². The van der Waals surface area contributed by atoms with Gasteiger partial charge in [-0.15, -0.1) is 11.3 Å². The predicted octanol–water partition coefficient (Wildman–Crippen LogP) is 3.34. The van der Waals surface area contributed by atoms with Crippen LogP contribution in [0.1, 0.15) is 31.2 Å². The summed E-state index contributed by atoms with van der Waals surface area (Å²) in [5.74, 6) is 2.63. The number of aliphatic imine (C=N–C) groups is 1. The average molecular weight is 413 g/mol. The molecule has 29 heavy (non-hydrogen) atoms. The molecule has 2 aliphatic heterocycles. The van der Waals surface area contributed by atoms with Crippen LogP contribution in [0.25, 0.3) is 0 Å². The third kappa shape index (κ3) is 3.88. The number of rotatable bonds is 5. The van der Waals surface area contributed by atoms with Gasteiger partial charge in [-0.05, 0) is 60.9 Å². The van der Waals surface area contributed by atoms with Gasteiger partial charge in [-0.2, -0.15) is 0 Å². The first-order valence-corrected chi connectivity index (χ1v) is 11.3. The molecule has 3 heterocycles. The molecule has 0 spiro atoms. The Balaban J connectivity index is 1.14. The van der Waals surface area contributed by atoms with Crippen molar-refractivity contribution in [3.05, 3.63) is 41.3 Å². The molecule has 6 nitrogen and oxygen atoms in total. The van der Waals surface area contributed by atoms with Gasteiger partial charge in [-0.3, -0.25) is 4.99 Å². The Morgan fingerprint density at radius 2 is 2.03 bits per heavy atom. The maximum atomic E-state index is 5.56. The number of benzene rings is 1. The Morgan fingerprint density at radius 1 is 1.21 bits per heavy atom. The van der Waals surface area contributed by atoms with Gasteiger partial charge in [-0.25, -0.2) is 0 Å². The maximum absolute atomic E-state index is 5.56. The maximum Gasteiger partial charge on any atom is 0.231 e. The molecule has 0 bridgehead atoms. The highest BCUT2D eigenvalue weighted by Gasteiger charge is 2.45. The molecule has 0 unspecified atom stereocenters. The Labute approximate surface area is 175 Å². The Hall–Kier alpha value is -2.41. The van der Waals surface area contributed by atoms with Crippen LogP contribution in [0.3, 0.4) is 0 Å². The molecule has 5 rings (SSSR count). The molecule has 2 aromatic rings. The van der Waals surface area contributed by atoms with E-state index in [1.54, 1.807) is 0 Å². The van der Waals surface area contributed by atoms with Gasteiger partial charge in [0, 0.05) is 38.1 Å². The van der Waals surface area contributed by atoms with E-state index in [1.807, 2.05) is 24.5 Å². The predicted molar refractivity (Wildman–Crippen MR) is 118 cm³/mol. The fraction of sp³-hybridized carbons (Fsp3) is 0.500. The fourth-order valence-electron chi connectivity index (χ4n) is 4.28. The third-order valence-corrected chi connectivity index (χ3v) is 7.24. The van der Waals surface area contributed by atoms with Crippen molar-refractivity contribution in [2.75, 3.05) is 38.4 Å². The van der Waals surface area contributed by atoms with Crippen molar-refractivity contribution in [1.29, 1.82) is 0 Å². The van der Waals surface area contributed by atoms with Crippen LogP contribution in [-0.4, -0.2) is 45.5 Å². The first-order chi connectivity index (χ1) is 14.3. The van der Waals surface area contributed by atoms with E-state index in [0.717, 1.165) is 49.9 Å². The molecule has 0 amide bonds. The molecule has 1 saturated heterocycles. The van der Waals surface area contributed by atoms with Crippen LogP contribution in [-0.2, 0) is 5.41 Å². The lowest BCUT2D eigenvalue weighted by molar-refractivity contribution is 0.174. The molecule has 0 radical (unpaired) electrons. The van der Waals surface area contributed by atoms with Gasteiger partial charge in [0.05, 0.1) is 5.00 Å². The van der Waals surface area contributed by atoms with Crippen molar-refractivity contribution in [3.63, 3.8) is 0 Å². The van der Waals surface area contributed by atoms with Crippen LogP contribution in [0.5, 0.6) is 11.5 Å². The lowest BCUT2D eigenvalue weighted by atomic mass is 9.95. The Kier molecular flexibility index (Phi) is 4.99. The average Bonchev–Trinajstić information content (AvgIpc) is 3.16. The van der Waals surface area contributed by atoms with Gasteiger partial charge >= 0.3 is 0 Å². The number of hydrogen-bond donors (Lipinski definition) is 2. The summed E-state index contributed by atoms with van der Waals surface area (Å²) in [5, 5.41) is 10.7. The van der Waals surface area contributed by atoms with Crippen LogP contribution < -0.4 is 25.0 Å². The molecule has 1 saturated carbocycles. The van der Waals surface area contributed by atoms with E-state index < -0.39 is 0 Å². The van der Waals surface area contributed by atoms with Crippen molar-refractivity contribution in [3.8, 4) is 11.5 Å². The van der Waals surface area contributed by atoms with Crippen molar-refractivity contribution in [1.82, 2.24) is 10.6 Å². The summed E-state index contributed by atoms with van der Waals surface area (Å²) in [6.07, 6.45) is 4.64. The van der Waals surface area contributed by atoms with Crippen molar-refractivity contribution >= 4 is 22.3 Å². The van der Waals surface area contributed by atoms with E-state index in [1.165, 1.54) is 23.4 Å². The second kappa shape index (κ2) is 7.78. The van der Waals surface area contributed by atoms with Gasteiger partial charge in [0.2, 0.25) is 6.79 Å². The smallest absolute Gasteiger partial charge is 0.231 e. The zero-order chi connectivity index (χ0) is 19.7. The normalized spacial score (nSPS) is 20.6. The monoisotopic (exact) mass is 412 g/mol. The molecule has 2 N–H and O–H groups in total. The van der Waals surface area contributed by atoms with E-state index in [0.29, 0.717) is 12.8 Å². The number of ether oxygens (including phenoxy) is 2. The SMILES string of the molecule is CN=C(NCC1(c2ccc3c(c2)OCO3)CC1)NC1CCN(c2cccs2)CC1. The molecule has 1 aromatic carbocycles. The summed E-state index contributed by atoms with van der Waals surface area (Å²) in [6.45, 7) is 3.40. The second-order valence-electron chi connectivity index (χ2n) is 8.13. The number of piperidine rings is 1. The van der Waals surface area contributed by atoms with Crippen LogP contribution in [0.2, 0.25) is 0 Å². The van der Waals surface area contributed by atoms with Gasteiger partial charge in [0.15, 0.2) is 17.5 Å². The zero-order valence-corrected chi connectivity index (χ0v) is 17.6. The van der Waals surface area contributed by atoms with E-state index in [9.17, 15) is 0 Å². The molecule has 1 aliphatic carbocycles. The Bertz CT molecular complexity index is 871. The van der Waals surface area contributed by atoms with Gasteiger partial charge in [-0.1, -0.05) is 6.07 Å². The fourth-order valence-corrected chi connectivity index (χ4v) is 5.07. The van der Waals surface area contributed by atoms with Crippen LogP contribution in [0.4, 0.5) is 5.00 Å². The highest BCUT2D eigenvalue weighted by molar-refractivity contribution is 7.14. The molecule has 154 valence electrons. The van der Waals surface area contributed by atoms with Gasteiger partial charge < -0.3 is 25.0 Å². The highest BCUT2D eigenvalue weighted by atomic mass is 32.1.